The summed E-state index contributed by atoms with van der Waals surface area (Å²) in [6.45, 7) is 1.85. The van der Waals surface area contributed by atoms with Crippen LogP contribution < -0.4 is 4.90 Å². The molecule has 0 N–H and O–H groups in total. The molecule has 0 radical (unpaired) electrons. The minimum Gasteiger partial charge on any atom is -0.362 e. The fourth-order valence-corrected chi connectivity index (χ4v) is 4.04. The maximum atomic E-state index is 12.5. The molecule has 0 spiro atoms. The number of anilines is 1. The van der Waals surface area contributed by atoms with Gasteiger partial charge in [-0.15, -0.1) is 0 Å². The quantitative estimate of drug-likeness (QED) is 0.528. The van der Waals surface area contributed by atoms with Crippen molar-refractivity contribution in [1.29, 1.82) is 0 Å². The summed E-state index contributed by atoms with van der Waals surface area (Å²) in [4.78, 5) is 26.9. The van der Waals surface area contributed by atoms with Gasteiger partial charge in [0, 0.05) is 44.9 Å². The van der Waals surface area contributed by atoms with E-state index in [-0.39, 0.29) is 16.5 Å². The summed E-state index contributed by atoms with van der Waals surface area (Å²) in [5.74, 6) is 0.0652. The SMILES string of the molecule is CS(=O)(=O)c1ccc(N2CCN(C(=O)CCc3ccccc3)CC2)c([N+](=O)[O-])c1. The predicted octanol–water partition coefficient (Wildman–Crippen LogP) is 2.28. The molecule has 9 heteroatoms. The van der Waals surface area contributed by atoms with E-state index in [4.69, 9.17) is 0 Å². The predicted molar refractivity (Wildman–Crippen MR) is 110 cm³/mol. The lowest BCUT2D eigenvalue weighted by atomic mass is 10.1. The molecular weight excluding hydrogens is 394 g/mol. The van der Waals surface area contributed by atoms with Gasteiger partial charge in [-0.2, -0.15) is 0 Å². The number of hydrogen-bond acceptors (Lipinski definition) is 6. The normalized spacial score (nSPS) is 14.7. The number of nitro benzene ring substituents is 1. The summed E-state index contributed by atoms with van der Waals surface area (Å²) in [5, 5.41) is 11.5. The second-order valence-electron chi connectivity index (χ2n) is 7.03. The number of nitrogens with zero attached hydrogens (tertiary/aromatic N) is 3. The van der Waals surface area contributed by atoms with Crippen molar-refractivity contribution in [1.82, 2.24) is 4.90 Å². The van der Waals surface area contributed by atoms with E-state index in [1.54, 1.807) is 4.90 Å². The number of benzene rings is 2. The van der Waals surface area contributed by atoms with E-state index in [0.717, 1.165) is 17.9 Å². The summed E-state index contributed by atoms with van der Waals surface area (Å²) in [5.41, 5.74) is 1.25. The lowest BCUT2D eigenvalue weighted by Gasteiger charge is -2.36. The Labute approximate surface area is 169 Å². The Morgan fingerprint density at radius 2 is 1.72 bits per heavy atom. The van der Waals surface area contributed by atoms with Gasteiger partial charge in [0.25, 0.3) is 5.69 Å². The zero-order valence-corrected chi connectivity index (χ0v) is 17.0. The van der Waals surface area contributed by atoms with Gasteiger partial charge >= 0.3 is 0 Å². The molecular formula is C20H23N3O5S. The van der Waals surface area contributed by atoms with Crippen LogP contribution >= 0.6 is 0 Å². The smallest absolute Gasteiger partial charge is 0.293 e. The highest BCUT2D eigenvalue weighted by molar-refractivity contribution is 7.90. The first kappa shape index (κ1) is 20.8. The van der Waals surface area contributed by atoms with Crippen molar-refractivity contribution in [2.45, 2.75) is 17.7 Å². The summed E-state index contributed by atoms with van der Waals surface area (Å²) < 4.78 is 23.4. The average Bonchev–Trinajstić information content (AvgIpc) is 2.71. The number of hydrogen-bond donors (Lipinski definition) is 0. The van der Waals surface area contributed by atoms with E-state index in [0.29, 0.717) is 44.7 Å². The van der Waals surface area contributed by atoms with Gasteiger partial charge < -0.3 is 9.80 Å². The van der Waals surface area contributed by atoms with Crippen LogP contribution in [0.1, 0.15) is 12.0 Å². The van der Waals surface area contributed by atoms with E-state index in [2.05, 4.69) is 0 Å². The molecule has 0 atom stereocenters. The topological polar surface area (TPSA) is 101 Å². The molecule has 0 bridgehead atoms. The second kappa shape index (κ2) is 8.60. The first-order valence-corrected chi connectivity index (χ1v) is 11.2. The van der Waals surface area contributed by atoms with Gasteiger partial charge in [0.05, 0.1) is 9.82 Å². The fourth-order valence-electron chi connectivity index (χ4n) is 3.40. The van der Waals surface area contributed by atoms with Gasteiger partial charge in [0.1, 0.15) is 5.69 Å². The molecule has 154 valence electrons. The maximum Gasteiger partial charge on any atom is 0.293 e. The summed E-state index contributed by atoms with van der Waals surface area (Å²) in [6.07, 6.45) is 2.12. The number of piperazine rings is 1. The monoisotopic (exact) mass is 417 g/mol. The first-order chi connectivity index (χ1) is 13.8. The molecule has 1 heterocycles. The molecule has 1 fully saturated rings. The van der Waals surface area contributed by atoms with Gasteiger partial charge in [-0.25, -0.2) is 8.42 Å². The molecule has 0 unspecified atom stereocenters. The highest BCUT2D eigenvalue weighted by Gasteiger charge is 2.27. The average molecular weight is 417 g/mol. The standard InChI is InChI=1S/C20H23N3O5S/c1-29(27,28)17-8-9-18(19(15-17)23(25)26)21-11-13-22(14-12-21)20(24)10-7-16-5-3-2-4-6-16/h2-6,8-9,15H,7,10-14H2,1H3. The third-order valence-electron chi connectivity index (χ3n) is 5.02. The van der Waals surface area contributed by atoms with Gasteiger partial charge in [-0.05, 0) is 24.1 Å². The summed E-state index contributed by atoms with van der Waals surface area (Å²) in [6, 6.07) is 13.8. The number of carbonyl (C=O) groups excluding carboxylic acids is 1. The minimum absolute atomic E-state index is 0.0652. The zero-order chi connectivity index (χ0) is 21.0. The lowest BCUT2D eigenvalue weighted by Crippen LogP contribution is -2.49. The van der Waals surface area contributed by atoms with Crippen LogP contribution in [0.2, 0.25) is 0 Å². The Morgan fingerprint density at radius 3 is 2.31 bits per heavy atom. The number of aryl methyl sites for hydroxylation is 1. The number of amides is 1. The Hall–Kier alpha value is -2.94. The number of rotatable bonds is 6. The molecule has 0 saturated carbocycles. The Morgan fingerprint density at radius 1 is 1.07 bits per heavy atom. The first-order valence-electron chi connectivity index (χ1n) is 9.31. The number of sulfone groups is 1. The van der Waals surface area contributed by atoms with Crippen LogP contribution in [0, 0.1) is 10.1 Å². The molecule has 0 aliphatic carbocycles. The summed E-state index contributed by atoms with van der Waals surface area (Å²) >= 11 is 0. The highest BCUT2D eigenvalue weighted by Crippen LogP contribution is 2.31. The van der Waals surface area contributed by atoms with Gasteiger partial charge in [-0.3, -0.25) is 14.9 Å². The fraction of sp³-hybridized carbons (Fsp3) is 0.350. The molecule has 8 nitrogen and oxygen atoms in total. The molecule has 1 aliphatic rings. The minimum atomic E-state index is -3.53. The molecule has 3 rings (SSSR count). The van der Waals surface area contributed by atoms with Crippen LogP contribution in [-0.2, 0) is 21.1 Å². The van der Waals surface area contributed by atoms with E-state index in [1.165, 1.54) is 12.1 Å². The molecule has 29 heavy (non-hydrogen) atoms. The van der Waals surface area contributed by atoms with Crippen molar-refractivity contribution in [2.24, 2.45) is 0 Å². The van der Waals surface area contributed by atoms with Crippen LogP contribution in [0.5, 0.6) is 0 Å². The van der Waals surface area contributed by atoms with Crippen molar-refractivity contribution in [3.8, 4) is 0 Å². The summed E-state index contributed by atoms with van der Waals surface area (Å²) in [7, 11) is -3.53. The molecule has 1 amide bonds. The van der Waals surface area contributed by atoms with E-state index < -0.39 is 14.8 Å². The molecule has 2 aromatic rings. The largest absolute Gasteiger partial charge is 0.362 e. The lowest BCUT2D eigenvalue weighted by molar-refractivity contribution is -0.384. The Balaban J connectivity index is 1.64. The van der Waals surface area contributed by atoms with Crippen molar-refractivity contribution < 1.29 is 18.1 Å². The van der Waals surface area contributed by atoms with Crippen molar-refractivity contribution in [2.75, 3.05) is 37.3 Å². The molecule has 0 aromatic heterocycles. The third-order valence-corrected chi connectivity index (χ3v) is 6.13. The number of carbonyl (C=O) groups is 1. The van der Waals surface area contributed by atoms with Crippen LogP contribution in [-0.4, -0.2) is 56.6 Å². The Bertz CT molecular complexity index is 1000. The number of nitro groups is 1. The van der Waals surface area contributed by atoms with E-state index >= 15 is 0 Å². The highest BCUT2D eigenvalue weighted by atomic mass is 32.2. The van der Waals surface area contributed by atoms with Gasteiger partial charge in [0.15, 0.2) is 9.84 Å². The second-order valence-corrected chi connectivity index (χ2v) is 9.05. The maximum absolute atomic E-state index is 12.5. The van der Waals surface area contributed by atoms with Crippen molar-refractivity contribution in [3.05, 3.63) is 64.2 Å². The van der Waals surface area contributed by atoms with Crippen LogP contribution in [0.3, 0.4) is 0 Å². The van der Waals surface area contributed by atoms with Crippen LogP contribution in [0.25, 0.3) is 0 Å². The molecule has 1 saturated heterocycles. The van der Waals surface area contributed by atoms with Crippen molar-refractivity contribution in [3.63, 3.8) is 0 Å². The molecule has 1 aliphatic heterocycles. The molecule has 2 aromatic carbocycles. The van der Waals surface area contributed by atoms with Crippen LogP contribution in [0.15, 0.2) is 53.4 Å². The zero-order valence-electron chi connectivity index (χ0n) is 16.2. The van der Waals surface area contributed by atoms with E-state index in [9.17, 15) is 23.3 Å². The Kier molecular flexibility index (Phi) is 6.17. The van der Waals surface area contributed by atoms with Crippen LogP contribution in [0.4, 0.5) is 11.4 Å². The third kappa shape index (κ3) is 5.11. The van der Waals surface area contributed by atoms with Crippen molar-refractivity contribution >= 4 is 27.1 Å². The van der Waals surface area contributed by atoms with E-state index in [1.807, 2.05) is 35.2 Å². The van der Waals surface area contributed by atoms with Gasteiger partial charge in [-0.1, -0.05) is 30.3 Å². The van der Waals surface area contributed by atoms with Gasteiger partial charge in [0.2, 0.25) is 5.91 Å².